The Morgan fingerprint density at radius 1 is 0.426 bits per heavy atom. The van der Waals surface area contributed by atoms with Crippen LogP contribution in [-0.2, 0) is 20.9 Å². The number of carbonyl (C=O) groups excluding carboxylic acids is 7. The molecule has 600 valence electrons. The van der Waals surface area contributed by atoms with Crippen LogP contribution in [0, 0.1) is 5.92 Å². The van der Waals surface area contributed by atoms with Crippen LogP contribution in [0.25, 0.3) is 0 Å². The number of likely N-dealkylation sites (N-methyl/N-ethyl adjacent to an activating group) is 2. The molecular weight excluding hydrogens is 1370 g/mol. The molecule has 17 nitrogen and oxygen atoms in total. The highest BCUT2D eigenvalue weighted by molar-refractivity contribution is 8.02. The van der Waals surface area contributed by atoms with Crippen molar-refractivity contribution in [1.29, 1.82) is 0 Å². The maximum Gasteiger partial charge on any atom is 0.411 e. The first-order valence-corrected chi connectivity index (χ1v) is 40.3. The number of urea groups is 3. The normalized spacial score (nSPS) is 19.3. The number of allylic oxidation sites excluding steroid dienone is 2. The molecule has 0 saturated carbocycles. The minimum absolute atomic E-state index is 0.0174. The Labute approximate surface area is 658 Å². The van der Waals surface area contributed by atoms with Crippen molar-refractivity contribution in [2.45, 2.75) is 291 Å². The predicted molar refractivity (Wildman–Crippen MR) is 452 cm³/mol. The zero-order valence-electron chi connectivity index (χ0n) is 73.0. The molecule has 0 radical (unpaired) electrons. The summed E-state index contributed by atoms with van der Waals surface area (Å²) in [6, 6.07) is 49.4. The lowest BCUT2D eigenvalue weighted by Crippen LogP contribution is -2.50. The number of nitrogens with zero attached hydrogens (tertiary/aromatic N) is 9. The Balaban J connectivity index is 0.000000635. The van der Waals surface area contributed by atoms with Crippen molar-refractivity contribution in [2.75, 3.05) is 28.2 Å². The van der Waals surface area contributed by atoms with Crippen LogP contribution < -0.4 is 0 Å². The van der Waals surface area contributed by atoms with Gasteiger partial charge in [-0.1, -0.05) is 223 Å². The van der Waals surface area contributed by atoms with Crippen molar-refractivity contribution in [3.63, 3.8) is 0 Å². The second-order valence-electron chi connectivity index (χ2n) is 29.2. The Kier molecular flexibility index (Phi) is 40.6. The van der Waals surface area contributed by atoms with Crippen LogP contribution in [-0.4, -0.2) is 160 Å². The summed E-state index contributed by atoms with van der Waals surface area (Å²) < 4.78 is 5.16. The van der Waals surface area contributed by atoms with Crippen LogP contribution in [0.15, 0.2) is 168 Å². The summed E-state index contributed by atoms with van der Waals surface area (Å²) in [7, 11) is 7.23. The third kappa shape index (κ3) is 23.6. The van der Waals surface area contributed by atoms with Gasteiger partial charge in [-0.05, 0) is 182 Å². The van der Waals surface area contributed by atoms with Crippen molar-refractivity contribution in [3.8, 4) is 0 Å². The molecule has 108 heavy (non-hydrogen) atoms. The predicted octanol–water partition coefficient (Wildman–Crippen LogP) is 22.5. The Morgan fingerprint density at radius 2 is 0.824 bits per heavy atom. The van der Waals surface area contributed by atoms with E-state index in [2.05, 4.69) is 84.9 Å². The largest absolute Gasteiger partial charge is 0.441 e. The van der Waals surface area contributed by atoms with Crippen molar-refractivity contribution < 1.29 is 38.3 Å². The van der Waals surface area contributed by atoms with Crippen molar-refractivity contribution >= 4 is 53.7 Å². The quantitative estimate of drug-likeness (QED) is 0.124. The first-order valence-electron chi connectivity index (χ1n) is 39.4. The summed E-state index contributed by atoms with van der Waals surface area (Å²) in [6.07, 6.45) is -0.223. The molecule has 18 heteroatoms. The zero-order valence-corrected chi connectivity index (χ0v) is 73.9. The second kappa shape index (κ2) is 44.9. The third-order valence-electron chi connectivity index (χ3n) is 19.2. The summed E-state index contributed by atoms with van der Waals surface area (Å²) in [5, 5.41) is 0.152. The molecule has 6 aliphatic rings. The molecule has 5 aromatic carbocycles. The number of ether oxygens (including phenoxy) is 1. The number of hydrogen-bond acceptors (Lipinski definition) is 9. The molecule has 0 spiro atoms. The molecule has 0 aromatic heterocycles. The number of amides is 10. The van der Waals surface area contributed by atoms with Crippen LogP contribution in [0.3, 0.4) is 0 Å². The SMILES string of the molecule is CC.CC.CC.CC.CC.CC(C)N1C(=O)C(C)(C)SC1c1ccccc1.CC(C)N1C(=O)N(C)C(C)(C)C1=O.CC(C)N1C(=O)OC(C)(C)C1c1ccccc1.CC(C)N1Cc2ccccc2C1=O.CC1=C(C(C)C)C(c2ccccc2)N(C)C(=O)N1C.CC1=C(C)N(C)C(=O)N(C(C)C)C1c1ccccc1. The van der Waals surface area contributed by atoms with E-state index in [1.54, 1.807) is 42.5 Å². The molecule has 3 saturated heterocycles. The number of rotatable bonds is 10. The third-order valence-corrected chi connectivity index (χ3v) is 20.6. The summed E-state index contributed by atoms with van der Waals surface area (Å²) in [6.45, 7) is 62.9. The van der Waals surface area contributed by atoms with Crippen molar-refractivity contribution in [3.05, 3.63) is 202 Å². The number of thioether (sulfide) groups is 1. The van der Waals surface area contributed by atoms with Gasteiger partial charge in [-0.3, -0.25) is 24.2 Å². The highest BCUT2D eigenvalue weighted by Crippen LogP contribution is 2.50. The van der Waals surface area contributed by atoms with Gasteiger partial charge in [0.2, 0.25) is 5.91 Å². The molecule has 6 aliphatic heterocycles. The maximum atomic E-state index is 12.5. The zero-order chi connectivity index (χ0) is 83.4. The second-order valence-corrected chi connectivity index (χ2v) is 30.9. The number of hydrogen-bond donors (Lipinski definition) is 0. The van der Waals surface area contributed by atoms with Crippen molar-refractivity contribution in [1.82, 2.24) is 44.1 Å². The Bertz CT molecular complexity index is 3620. The molecule has 5 aromatic rings. The number of imide groups is 1. The highest BCUT2D eigenvalue weighted by Gasteiger charge is 2.52. The molecular formula is C90H141N9O8S. The minimum atomic E-state index is -0.693. The summed E-state index contributed by atoms with van der Waals surface area (Å²) in [4.78, 5) is 100.0. The van der Waals surface area contributed by atoms with Crippen molar-refractivity contribution in [2.24, 2.45) is 5.92 Å². The Hall–Kier alpha value is -8.38. The van der Waals surface area contributed by atoms with Gasteiger partial charge in [0.15, 0.2) is 0 Å². The number of benzene rings is 5. The van der Waals surface area contributed by atoms with Gasteiger partial charge >= 0.3 is 24.2 Å². The van der Waals surface area contributed by atoms with Gasteiger partial charge in [0, 0.05) is 81.9 Å². The first kappa shape index (κ1) is 97.6. The molecule has 3 fully saturated rings. The highest BCUT2D eigenvalue weighted by atomic mass is 32.2. The molecule has 10 amide bonds. The van der Waals surface area contributed by atoms with Gasteiger partial charge in [0.05, 0.1) is 22.9 Å². The molecule has 0 aliphatic carbocycles. The van der Waals surface area contributed by atoms with E-state index < -0.39 is 11.1 Å². The Morgan fingerprint density at radius 3 is 1.20 bits per heavy atom. The van der Waals surface area contributed by atoms with E-state index in [4.69, 9.17) is 4.74 Å². The maximum absolute atomic E-state index is 12.5. The van der Waals surface area contributed by atoms with Crippen LogP contribution in [0.1, 0.15) is 276 Å². The van der Waals surface area contributed by atoms with E-state index in [0.29, 0.717) is 12.0 Å². The van der Waals surface area contributed by atoms with Gasteiger partial charge in [-0.15, -0.1) is 11.8 Å². The molecule has 6 heterocycles. The van der Waals surface area contributed by atoms with Gasteiger partial charge < -0.3 is 39.0 Å². The first-order chi connectivity index (χ1) is 50.8. The fourth-order valence-corrected chi connectivity index (χ4v) is 14.7. The summed E-state index contributed by atoms with van der Waals surface area (Å²) in [5.74, 6) is 0.704. The molecule has 0 bridgehead atoms. The fourth-order valence-electron chi connectivity index (χ4n) is 13.2. The van der Waals surface area contributed by atoms with Gasteiger partial charge in [0.25, 0.3) is 11.8 Å². The average Bonchev–Trinajstić information content (AvgIpc) is 1.01. The number of carbonyl (C=O) groups is 7. The fraction of sp³-hybridized carbons (Fsp3) is 0.544. The van der Waals surface area contributed by atoms with E-state index in [0.717, 1.165) is 34.6 Å². The van der Waals surface area contributed by atoms with Crippen LogP contribution >= 0.6 is 11.8 Å². The smallest absolute Gasteiger partial charge is 0.411 e. The lowest BCUT2D eigenvalue weighted by molar-refractivity contribution is -0.134. The average molecular weight is 1510 g/mol. The molecule has 11 rings (SSSR count). The van der Waals surface area contributed by atoms with E-state index >= 15 is 0 Å². The summed E-state index contributed by atoms with van der Waals surface area (Å²) in [5.41, 5.74) is 10.2. The standard InChI is InChI=1S/2C16H22N2O.C14H19NO2.C14H19NOS.C11H13NO.C9H16N2O2.5C2H6/c1-11(2)14-12(3)17(4)16(19)18(5)15(14)13-9-7-6-8-10-13;1-11(2)18-15(14-9-7-6-8-10-14)12(3)13(4)17(5)16(18)19;1-10(2)15-12(11-8-6-5-7-9-11)14(3,4)17-13(15)16;1-10(2)15-12(11-8-6-5-7-9-11)17-14(3,4)13(15)16;1-8(2)12-7-9-5-3-4-6-10(9)11(12)13;1-6(2)11-7(12)9(3,4)10(5)8(11)13;5*1-2/h2*6-11,15H,1-5H3;2*5-10,12H,1-4H3;3-6,8H,7H2,1-2H3;6H,1-5H3;5*1-2H3. The molecule has 4 unspecified atom stereocenters. The summed E-state index contributed by atoms with van der Waals surface area (Å²) >= 11 is 1.74. The van der Waals surface area contributed by atoms with E-state index in [1.807, 2.05) is 307 Å². The topological polar surface area (TPSA) is 158 Å². The minimum Gasteiger partial charge on any atom is -0.441 e. The lowest BCUT2D eigenvalue weighted by Gasteiger charge is -2.43. The number of cyclic esters (lactones) is 1. The van der Waals surface area contributed by atoms with E-state index in [-0.39, 0.29) is 94.3 Å². The van der Waals surface area contributed by atoms with E-state index in [9.17, 15) is 33.6 Å². The van der Waals surface area contributed by atoms with Gasteiger partial charge in [-0.2, -0.15) is 0 Å². The number of fused-ring (bicyclic) bond motifs is 1. The lowest BCUT2D eigenvalue weighted by atomic mass is 9.86. The molecule has 0 N–H and O–H groups in total. The van der Waals surface area contributed by atoms with Crippen LogP contribution in [0.2, 0.25) is 0 Å². The van der Waals surface area contributed by atoms with Gasteiger partial charge in [-0.25, -0.2) is 19.2 Å². The van der Waals surface area contributed by atoms with Gasteiger partial charge in [0.1, 0.15) is 16.5 Å². The molecule has 4 atom stereocenters. The van der Waals surface area contributed by atoms with Crippen LogP contribution in [0.5, 0.6) is 0 Å². The van der Waals surface area contributed by atoms with E-state index in [1.165, 1.54) is 37.6 Å². The van der Waals surface area contributed by atoms with Crippen LogP contribution in [0.4, 0.5) is 19.2 Å². The monoisotopic (exact) mass is 1510 g/mol.